The predicted octanol–water partition coefficient (Wildman–Crippen LogP) is 1.52. The average molecular weight is 253 g/mol. The Morgan fingerprint density at radius 1 is 1.47 bits per heavy atom. The Bertz CT molecular complexity index is 398. The molecule has 17 heavy (non-hydrogen) atoms. The molecule has 1 aromatic rings. The molecule has 1 saturated carbocycles. The van der Waals surface area contributed by atoms with Gasteiger partial charge in [-0.2, -0.15) is 0 Å². The first-order chi connectivity index (χ1) is 8.15. The van der Waals surface area contributed by atoms with Crippen LogP contribution in [0, 0.1) is 13.8 Å². The van der Waals surface area contributed by atoms with Crippen molar-refractivity contribution in [2.75, 3.05) is 6.54 Å². The van der Waals surface area contributed by atoms with E-state index in [9.17, 15) is 4.79 Å². The molecule has 5 heteroatoms. The van der Waals surface area contributed by atoms with Crippen LogP contribution in [0.2, 0.25) is 0 Å². The monoisotopic (exact) mass is 253 g/mol. The molecule has 0 unspecified atom stereocenters. The van der Waals surface area contributed by atoms with E-state index in [0.29, 0.717) is 12.5 Å². The molecule has 1 aromatic heterocycles. The van der Waals surface area contributed by atoms with E-state index in [-0.39, 0.29) is 5.91 Å². The van der Waals surface area contributed by atoms with Gasteiger partial charge in [0.15, 0.2) is 0 Å². The fourth-order valence-corrected chi connectivity index (χ4v) is 2.58. The van der Waals surface area contributed by atoms with E-state index in [1.807, 2.05) is 13.8 Å². The van der Waals surface area contributed by atoms with E-state index in [1.54, 1.807) is 11.3 Å². The van der Waals surface area contributed by atoms with Crippen LogP contribution in [-0.4, -0.2) is 23.5 Å². The molecule has 2 rings (SSSR count). The molecule has 2 N–H and O–H groups in total. The molecular formula is C12H19N3OS. The highest BCUT2D eigenvalue weighted by Gasteiger charge is 2.22. The summed E-state index contributed by atoms with van der Waals surface area (Å²) in [4.78, 5) is 17.1. The van der Waals surface area contributed by atoms with Crippen molar-refractivity contribution in [2.24, 2.45) is 0 Å². The number of hydrogen-bond donors (Lipinski definition) is 2. The molecule has 0 bridgehead atoms. The highest BCUT2D eigenvalue weighted by Crippen LogP contribution is 2.18. The van der Waals surface area contributed by atoms with E-state index >= 15 is 0 Å². The minimum absolute atomic E-state index is 0.164. The lowest BCUT2D eigenvalue weighted by atomic mass is 10.3. The topological polar surface area (TPSA) is 54.0 Å². The van der Waals surface area contributed by atoms with Gasteiger partial charge in [-0.25, -0.2) is 4.98 Å². The Morgan fingerprint density at radius 2 is 2.24 bits per heavy atom. The van der Waals surface area contributed by atoms with Crippen LogP contribution in [0.25, 0.3) is 0 Å². The van der Waals surface area contributed by atoms with Crippen molar-refractivity contribution < 1.29 is 4.79 Å². The van der Waals surface area contributed by atoms with E-state index < -0.39 is 0 Å². The number of rotatable bonds is 6. The Morgan fingerprint density at radius 3 is 2.82 bits per heavy atom. The molecular weight excluding hydrogens is 234 g/mol. The molecule has 1 amide bonds. The van der Waals surface area contributed by atoms with Gasteiger partial charge in [0, 0.05) is 30.4 Å². The zero-order valence-electron chi connectivity index (χ0n) is 10.4. The lowest BCUT2D eigenvalue weighted by molar-refractivity contribution is -0.121. The van der Waals surface area contributed by atoms with Gasteiger partial charge in [-0.3, -0.25) is 4.79 Å². The minimum Gasteiger partial charge on any atom is -0.353 e. The fraction of sp³-hybridized carbons (Fsp3) is 0.667. The quantitative estimate of drug-likeness (QED) is 0.756. The molecule has 94 valence electrons. The van der Waals surface area contributed by atoms with E-state index in [2.05, 4.69) is 15.6 Å². The molecule has 0 aliphatic heterocycles. The van der Waals surface area contributed by atoms with Crippen LogP contribution < -0.4 is 10.6 Å². The molecule has 1 aliphatic carbocycles. The largest absolute Gasteiger partial charge is 0.353 e. The fourth-order valence-electron chi connectivity index (χ4n) is 1.67. The van der Waals surface area contributed by atoms with Crippen LogP contribution in [0.5, 0.6) is 0 Å². The Balaban J connectivity index is 1.62. The minimum atomic E-state index is 0.164. The van der Waals surface area contributed by atoms with Gasteiger partial charge < -0.3 is 10.6 Å². The summed E-state index contributed by atoms with van der Waals surface area (Å²) in [6.07, 6.45) is 2.87. The number of nitrogens with zero attached hydrogens (tertiary/aromatic N) is 1. The summed E-state index contributed by atoms with van der Waals surface area (Å²) >= 11 is 1.72. The van der Waals surface area contributed by atoms with Gasteiger partial charge in [-0.1, -0.05) is 0 Å². The summed E-state index contributed by atoms with van der Waals surface area (Å²) in [6.45, 7) is 5.59. The third kappa shape index (κ3) is 4.09. The summed E-state index contributed by atoms with van der Waals surface area (Å²) in [7, 11) is 0. The summed E-state index contributed by atoms with van der Waals surface area (Å²) < 4.78 is 0. The second-order valence-corrected chi connectivity index (χ2v) is 5.80. The Kier molecular flexibility index (Phi) is 4.12. The average Bonchev–Trinajstić information content (AvgIpc) is 3.00. The summed E-state index contributed by atoms with van der Waals surface area (Å²) in [5, 5.41) is 7.37. The van der Waals surface area contributed by atoms with Crippen molar-refractivity contribution in [3.63, 3.8) is 0 Å². The number of amides is 1. The number of hydrogen-bond acceptors (Lipinski definition) is 4. The van der Waals surface area contributed by atoms with Crippen LogP contribution in [0.3, 0.4) is 0 Å². The lowest BCUT2D eigenvalue weighted by Gasteiger charge is -2.04. The van der Waals surface area contributed by atoms with Crippen LogP contribution in [0.15, 0.2) is 0 Å². The zero-order chi connectivity index (χ0) is 12.3. The molecule has 0 spiro atoms. The SMILES string of the molecule is Cc1nc(C)c(CNCCC(=O)NC2CC2)s1. The number of aromatic nitrogens is 1. The van der Waals surface area contributed by atoms with Gasteiger partial charge in [0.05, 0.1) is 10.7 Å². The van der Waals surface area contributed by atoms with E-state index in [1.165, 1.54) is 4.88 Å². The van der Waals surface area contributed by atoms with E-state index in [0.717, 1.165) is 36.6 Å². The molecule has 1 fully saturated rings. The third-order valence-electron chi connectivity index (χ3n) is 2.76. The standard InChI is InChI=1S/C12H19N3OS/c1-8-11(17-9(2)14-8)7-13-6-5-12(16)15-10-3-4-10/h10,13H,3-7H2,1-2H3,(H,15,16). The van der Waals surface area contributed by atoms with Crippen molar-refractivity contribution in [3.05, 3.63) is 15.6 Å². The molecule has 0 saturated heterocycles. The second kappa shape index (κ2) is 5.60. The maximum Gasteiger partial charge on any atom is 0.221 e. The van der Waals surface area contributed by atoms with Gasteiger partial charge in [0.1, 0.15) is 0 Å². The predicted molar refractivity (Wildman–Crippen MR) is 69.1 cm³/mol. The van der Waals surface area contributed by atoms with Crippen molar-refractivity contribution >= 4 is 17.2 Å². The highest BCUT2D eigenvalue weighted by atomic mass is 32.1. The number of thiazole rings is 1. The van der Waals surface area contributed by atoms with E-state index in [4.69, 9.17) is 0 Å². The smallest absolute Gasteiger partial charge is 0.221 e. The zero-order valence-corrected chi connectivity index (χ0v) is 11.2. The maximum atomic E-state index is 11.4. The van der Waals surface area contributed by atoms with Gasteiger partial charge in [0.25, 0.3) is 0 Å². The molecule has 0 atom stereocenters. The first-order valence-corrected chi connectivity index (χ1v) is 6.90. The van der Waals surface area contributed by atoms with Crippen molar-refractivity contribution in [1.82, 2.24) is 15.6 Å². The summed E-state index contributed by atoms with van der Waals surface area (Å²) in [5.41, 5.74) is 1.10. The van der Waals surface area contributed by atoms with Crippen LogP contribution in [0.4, 0.5) is 0 Å². The normalized spacial score (nSPS) is 14.9. The molecule has 1 heterocycles. The van der Waals surface area contributed by atoms with Crippen molar-refractivity contribution in [3.8, 4) is 0 Å². The lowest BCUT2D eigenvalue weighted by Crippen LogP contribution is -2.28. The highest BCUT2D eigenvalue weighted by molar-refractivity contribution is 7.11. The molecule has 1 aliphatic rings. The van der Waals surface area contributed by atoms with Crippen LogP contribution >= 0.6 is 11.3 Å². The van der Waals surface area contributed by atoms with Crippen molar-refractivity contribution in [2.45, 2.75) is 45.7 Å². The van der Waals surface area contributed by atoms with Crippen LogP contribution in [0.1, 0.15) is 34.8 Å². The van der Waals surface area contributed by atoms with Crippen molar-refractivity contribution in [1.29, 1.82) is 0 Å². The van der Waals surface area contributed by atoms with Gasteiger partial charge in [-0.15, -0.1) is 11.3 Å². The first-order valence-electron chi connectivity index (χ1n) is 6.08. The number of carbonyl (C=O) groups is 1. The maximum absolute atomic E-state index is 11.4. The molecule has 4 nitrogen and oxygen atoms in total. The number of carbonyl (C=O) groups excluding carboxylic acids is 1. The number of nitrogens with one attached hydrogen (secondary N) is 2. The third-order valence-corrected chi connectivity index (χ3v) is 3.83. The first kappa shape index (κ1) is 12.5. The Labute approximate surface area is 106 Å². The molecule has 0 radical (unpaired) electrons. The van der Waals surface area contributed by atoms with Crippen LogP contribution in [-0.2, 0) is 11.3 Å². The molecule has 0 aromatic carbocycles. The van der Waals surface area contributed by atoms with Gasteiger partial charge in [0.2, 0.25) is 5.91 Å². The van der Waals surface area contributed by atoms with Gasteiger partial charge in [-0.05, 0) is 26.7 Å². The number of aryl methyl sites for hydroxylation is 2. The van der Waals surface area contributed by atoms with Gasteiger partial charge >= 0.3 is 0 Å². The summed E-state index contributed by atoms with van der Waals surface area (Å²) in [5.74, 6) is 0.164. The Hall–Kier alpha value is -0.940. The second-order valence-electron chi connectivity index (χ2n) is 4.51. The summed E-state index contributed by atoms with van der Waals surface area (Å²) in [6, 6.07) is 0.467.